The number of carbonyl (C=O) groups is 2. The van der Waals surface area contributed by atoms with E-state index >= 15 is 0 Å². The van der Waals surface area contributed by atoms with Crippen molar-refractivity contribution in [1.29, 1.82) is 0 Å². The van der Waals surface area contributed by atoms with Gasteiger partial charge in [0.1, 0.15) is 0 Å². The number of carbonyl (C=O) groups excluding carboxylic acids is 2. The summed E-state index contributed by atoms with van der Waals surface area (Å²) in [4.78, 5) is 24.8. The summed E-state index contributed by atoms with van der Waals surface area (Å²) >= 11 is 0. The number of urea groups is 1. The Labute approximate surface area is 101 Å². The molecule has 6 nitrogen and oxygen atoms in total. The zero-order chi connectivity index (χ0) is 12.8. The molecule has 3 amide bonds. The number of imide groups is 1. The second kappa shape index (κ2) is 6.56. The van der Waals surface area contributed by atoms with Crippen LogP contribution in [0.25, 0.3) is 0 Å². The SMILES string of the molecule is CNC(=O)NC(=O)C(C)N1CCCC(CO)C1. The molecule has 1 aliphatic rings. The quantitative estimate of drug-likeness (QED) is 0.626. The Hall–Kier alpha value is -1.14. The van der Waals surface area contributed by atoms with E-state index in [4.69, 9.17) is 5.11 Å². The van der Waals surface area contributed by atoms with Crippen LogP contribution in [-0.2, 0) is 4.79 Å². The van der Waals surface area contributed by atoms with E-state index in [0.717, 1.165) is 19.4 Å². The highest BCUT2D eigenvalue weighted by Gasteiger charge is 2.27. The molecule has 0 radical (unpaired) electrons. The first-order valence-corrected chi connectivity index (χ1v) is 5.96. The predicted molar refractivity (Wildman–Crippen MR) is 63.4 cm³/mol. The zero-order valence-electron chi connectivity index (χ0n) is 10.4. The van der Waals surface area contributed by atoms with Crippen molar-refractivity contribution in [2.45, 2.75) is 25.8 Å². The molecule has 17 heavy (non-hydrogen) atoms. The summed E-state index contributed by atoms with van der Waals surface area (Å²) in [7, 11) is 1.47. The standard InChI is InChI=1S/C11H21N3O3/c1-8(10(16)13-11(17)12-2)14-5-3-4-9(6-14)7-15/h8-9,15H,3-7H2,1-2H3,(H2,12,13,16,17). The minimum absolute atomic E-state index is 0.153. The van der Waals surface area contributed by atoms with Gasteiger partial charge in [0.25, 0.3) is 0 Å². The molecule has 2 unspecified atom stereocenters. The fourth-order valence-corrected chi connectivity index (χ4v) is 2.04. The number of piperidine rings is 1. The maximum atomic E-state index is 11.7. The lowest BCUT2D eigenvalue weighted by atomic mass is 9.97. The van der Waals surface area contributed by atoms with Gasteiger partial charge in [0.2, 0.25) is 5.91 Å². The van der Waals surface area contributed by atoms with Gasteiger partial charge in [0.15, 0.2) is 0 Å². The third kappa shape index (κ3) is 3.98. The molecule has 0 aromatic rings. The first-order valence-electron chi connectivity index (χ1n) is 5.96. The Morgan fingerprint density at radius 2 is 2.24 bits per heavy atom. The third-order valence-electron chi connectivity index (χ3n) is 3.20. The maximum Gasteiger partial charge on any atom is 0.321 e. The van der Waals surface area contributed by atoms with Crippen LogP contribution in [0.15, 0.2) is 0 Å². The molecule has 3 N–H and O–H groups in total. The molecule has 0 aromatic carbocycles. The minimum Gasteiger partial charge on any atom is -0.396 e. The van der Waals surface area contributed by atoms with Gasteiger partial charge in [-0.15, -0.1) is 0 Å². The summed E-state index contributed by atoms with van der Waals surface area (Å²) in [6.45, 7) is 3.47. The number of nitrogens with zero attached hydrogens (tertiary/aromatic N) is 1. The van der Waals surface area contributed by atoms with E-state index < -0.39 is 6.03 Å². The lowest BCUT2D eigenvalue weighted by Crippen LogP contribution is -2.52. The Morgan fingerprint density at radius 3 is 2.82 bits per heavy atom. The molecule has 0 aromatic heterocycles. The zero-order valence-corrected chi connectivity index (χ0v) is 10.4. The molecule has 0 saturated carbocycles. The summed E-state index contributed by atoms with van der Waals surface area (Å²) < 4.78 is 0. The second-order valence-corrected chi connectivity index (χ2v) is 4.43. The van der Waals surface area contributed by atoms with Crippen LogP contribution in [-0.4, -0.2) is 54.7 Å². The van der Waals surface area contributed by atoms with E-state index in [1.165, 1.54) is 7.05 Å². The van der Waals surface area contributed by atoms with Crippen molar-refractivity contribution in [2.24, 2.45) is 5.92 Å². The molecular weight excluding hydrogens is 222 g/mol. The van der Waals surface area contributed by atoms with E-state index in [9.17, 15) is 9.59 Å². The monoisotopic (exact) mass is 243 g/mol. The molecule has 6 heteroatoms. The van der Waals surface area contributed by atoms with E-state index in [-0.39, 0.29) is 24.5 Å². The Morgan fingerprint density at radius 1 is 1.53 bits per heavy atom. The molecule has 1 rings (SSSR count). The van der Waals surface area contributed by atoms with Gasteiger partial charge in [-0.05, 0) is 32.2 Å². The van der Waals surface area contributed by atoms with E-state index in [1.807, 2.05) is 4.90 Å². The van der Waals surface area contributed by atoms with Crippen molar-refractivity contribution < 1.29 is 14.7 Å². The smallest absolute Gasteiger partial charge is 0.321 e. The van der Waals surface area contributed by atoms with Gasteiger partial charge >= 0.3 is 6.03 Å². The Kier molecular flexibility index (Phi) is 5.37. The lowest BCUT2D eigenvalue weighted by molar-refractivity contribution is -0.125. The van der Waals surface area contributed by atoms with Crippen LogP contribution in [0.3, 0.4) is 0 Å². The van der Waals surface area contributed by atoms with Crippen molar-refractivity contribution in [1.82, 2.24) is 15.5 Å². The number of nitrogens with one attached hydrogen (secondary N) is 2. The molecule has 0 bridgehead atoms. The van der Waals surface area contributed by atoms with Crippen LogP contribution in [0, 0.1) is 5.92 Å². The molecule has 1 aliphatic heterocycles. The fourth-order valence-electron chi connectivity index (χ4n) is 2.04. The largest absolute Gasteiger partial charge is 0.396 e. The van der Waals surface area contributed by atoms with Crippen LogP contribution in [0.2, 0.25) is 0 Å². The van der Waals surface area contributed by atoms with Crippen LogP contribution in [0.5, 0.6) is 0 Å². The summed E-state index contributed by atoms with van der Waals surface area (Å²) in [6.07, 6.45) is 1.97. The van der Waals surface area contributed by atoms with Gasteiger partial charge in [0.05, 0.1) is 6.04 Å². The number of hydrogen-bond donors (Lipinski definition) is 3. The van der Waals surface area contributed by atoms with Crippen LogP contribution in [0.4, 0.5) is 4.79 Å². The lowest BCUT2D eigenvalue weighted by Gasteiger charge is -2.35. The Bertz CT molecular complexity index is 283. The van der Waals surface area contributed by atoms with E-state index in [1.54, 1.807) is 6.92 Å². The average molecular weight is 243 g/mol. The van der Waals surface area contributed by atoms with Gasteiger partial charge in [-0.2, -0.15) is 0 Å². The first kappa shape index (κ1) is 13.9. The van der Waals surface area contributed by atoms with Crippen molar-refractivity contribution in [3.05, 3.63) is 0 Å². The average Bonchev–Trinajstić information content (AvgIpc) is 2.37. The van der Waals surface area contributed by atoms with Crippen molar-refractivity contribution >= 4 is 11.9 Å². The number of hydrogen-bond acceptors (Lipinski definition) is 4. The highest BCUT2D eigenvalue weighted by atomic mass is 16.3. The third-order valence-corrected chi connectivity index (χ3v) is 3.20. The number of rotatable bonds is 3. The van der Waals surface area contributed by atoms with Gasteiger partial charge in [-0.1, -0.05) is 0 Å². The topological polar surface area (TPSA) is 81.7 Å². The van der Waals surface area contributed by atoms with Gasteiger partial charge in [-0.3, -0.25) is 15.0 Å². The van der Waals surface area contributed by atoms with Crippen LogP contribution < -0.4 is 10.6 Å². The van der Waals surface area contributed by atoms with Gasteiger partial charge in [-0.25, -0.2) is 4.79 Å². The number of aliphatic hydroxyl groups excluding tert-OH is 1. The molecule has 2 atom stereocenters. The molecule has 1 heterocycles. The molecule has 0 aliphatic carbocycles. The summed E-state index contributed by atoms with van der Waals surface area (Å²) in [6, 6.07) is -0.834. The number of amides is 3. The molecular formula is C11H21N3O3. The summed E-state index contributed by atoms with van der Waals surface area (Å²) in [5, 5.41) is 13.7. The molecule has 1 saturated heterocycles. The number of aliphatic hydroxyl groups is 1. The molecule has 0 spiro atoms. The second-order valence-electron chi connectivity index (χ2n) is 4.43. The summed E-state index contributed by atoms with van der Waals surface area (Å²) in [5.74, 6) is -0.0676. The minimum atomic E-state index is -0.488. The first-order chi connectivity index (χ1) is 8.08. The molecule has 98 valence electrons. The molecule has 1 fully saturated rings. The van der Waals surface area contributed by atoms with Crippen molar-refractivity contribution in [2.75, 3.05) is 26.7 Å². The highest BCUT2D eigenvalue weighted by molar-refractivity contribution is 5.96. The number of likely N-dealkylation sites (tertiary alicyclic amines) is 1. The normalized spacial score (nSPS) is 22.9. The Balaban J connectivity index is 2.47. The van der Waals surface area contributed by atoms with Crippen LogP contribution >= 0.6 is 0 Å². The van der Waals surface area contributed by atoms with Gasteiger partial charge in [0, 0.05) is 20.2 Å². The van der Waals surface area contributed by atoms with Crippen LogP contribution in [0.1, 0.15) is 19.8 Å². The van der Waals surface area contributed by atoms with E-state index in [2.05, 4.69) is 10.6 Å². The van der Waals surface area contributed by atoms with Crippen molar-refractivity contribution in [3.63, 3.8) is 0 Å². The fraction of sp³-hybridized carbons (Fsp3) is 0.818. The van der Waals surface area contributed by atoms with E-state index in [0.29, 0.717) is 6.54 Å². The van der Waals surface area contributed by atoms with Gasteiger partial charge < -0.3 is 10.4 Å². The van der Waals surface area contributed by atoms with Crippen molar-refractivity contribution in [3.8, 4) is 0 Å². The highest BCUT2D eigenvalue weighted by Crippen LogP contribution is 2.17. The predicted octanol–water partition coefficient (Wildman–Crippen LogP) is -0.465. The maximum absolute atomic E-state index is 11.7. The summed E-state index contributed by atoms with van der Waals surface area (Å²) in [5.41, 5.74) is 0.